The summed E-state index contributed by atoms with van der Waals surface area (Å²) in [6, 6.07) is 11.7. The molecule has 0 fully saturated rings. The minimum Gasteiger partial charge on any atom is -0.269 e. The molecule has 102 valence electrons. The van der Waals surface area contributed by atoms with Crippen LogP contribution in [-0.2, 0) is 0 Å². The Bertz CT molecular complexity index is 816. The minimum absolute atomic E-state index is 0.00509. The second-order valence-corrected chi connectivity index (χ2v) is 6.20. The quantitative estimate of drug-likeness (QED) is 0.716. The molecule has 3 aromatic rings. The Morgan fingerprint density at radius 2 is 1.90 bits per heavy atom. The average Bonchev–Trinajstić information content (AvgIpc) is 2.79. The summed E-state index contributed by atoms with van der Waals surface area (Å²) >= 11 is 1.61. The first-order valence-electron chi connectivity index (χ1n) is 6.66. The van der Waals surface area contributed by atoms with Crippen molar-refractivity contribution in [3.8, 4) is 11.3 Å². The molecule has 1 aromatic carbocycles. The molecule has 0 aliphatic carbocycles. The molecule has 0 N–H and O–H groups in total. The van der Waals surface area contributed by atoms with E-state index in [0.717, 1.165) is 21.9 Å². The number of aryl methyl sites for hydroxylation is 1. The standard InChI is InChI=1S/C16H16N2OS/c1-10(2)15-14(12-7-5-4-6-8-12)18-13(19)9-11(3)17-16(18)20-15/h4-10H,1-3H3. The van der Waals surface area contributed by atoms with E-state index in [0.29, 0.717) is 5.92 Å². The molecule has 0 spiro atoms. The van der Waals surface area contributed by atoms with Gasteiger partial charge in [0, 0.05) is 16.6 Å². The maximum Gasteiger partial charge on any atom is 0.259 e. The highest BCUT2D eigenvalue weighted by Gasteiger charge is 2.18. The van der Waals surface area contributed by atoms with E-state index in [1.165, 1.54) is 4.88 Å². The maximum atomic E-state index is 12.4. The Balaban J connectivity index is 2.45. The van der Waals surface area contributed by atoms with Crippen LogP contribution in [0.1, 0.15) is 30.3 Å². The molecular weight excluding hydrogens is 268 g/mol. The number of hydrogen-bond acceptors (Lipinski definition) is 3. The number of benzene rings is 1. The van der Waals surface area contributed by atoms with Crippen molar-refractivity contribution < 1.29 is 0 Å². The fraction of sp³-hybridized carbons (Fsp3) is 0.250. The van der Waals surface area contributed by atoms with Crippen molar-refractivity contribution in [3.05, 3.63) is 57.3 Å². The second-order valence-electron chi connectivity index (χ2n) is 5.19. The van der Waals surface area contributed by atoms with Gasteiger partial charge in [0.25, 0.3) is 5.56 Å². The van der Waals surface area contributed by atoms with Gasteiger partial charge in [0.15, 0.2) is 4.96 Å². The van der Waals surface area contributed by atoms with Gasteiger partial charge in [0.1, 0.15) is 0 Å². The average molecular weight is 284 g/mol. The van der Waals surface area contributed by atoms with Crippen molar-refractivity contribution in [1.29, 1.82) is 0 Å². The predicted octanol–water partition coefficient (Wildman–Crippen LogP) is 3.85. The Hall–Kier alpha value is -1.94. The predicted molar refractivity (Wildman–Crippen MR) is 83.6 cm³/mol. The van der Waals surface area contributed by atoms with E-state index in [9.17, 15) is 4.79 Å². The van der Waals surface area contributed by atoms with Crippen LogP contribution >= 0.6 is 11.3 Å². The van der Waals surface area contributed by atoms with Crippen LogP contribution < -0.4 is 5.56 Å². The Labute approximate surface area is 121 Å². The molecule has 0 radical (unpaired) electrons. The zero-order chi connectivity index (χ0) is 14.3. The molecule has 0 saturated heterocycles. The summed E-state index contributed by atoms with van der Waals surface area (Å²) < 4.78 is 1.74. The van der Waals surface area contributed by atoms with Crippen molar-refractivity contribution in [1.82, 2.24) is 9.38 Å². The number of hydrogen-bond donors (Lipinski definition) is 0. The molecule has 0 aliphatic heterocycles. The summed E-state index contributed by atoms with van der Waals surface area (Å²) in [7, 11) is 0. The highest BCUT2D eigenvalue weighted by atomic mass is 32.1. The summed E-state index contributed by atoms with van der Waals surface area (Å²) in [5.74, 6) is 0.358. The first-order valence-corrected chi connectivity index (χ1v) is 7.48. The lowest BCUT2D eigenvalue weighted by Crippen LogP contribution is -2.14. The molecule has 2 aromatic heterocycles. The Kier molecular flexibility index (Phi) is 3.18. The van der Waals surface area contributed by atoms with Crippen LogP contribution in [-0.4, -0.2) is 9.38 Å². The molecule has 0 bridgehead atoms. The van der Waals surface area contributed by atoms with Crippen LogP contribution in [0.3, 0.4) is 0 Å². The van der Waals surface area contributed by atoms with Crippen LogP contribution in [0.15, 0.2) is 41.2 Å². The van der Waals surface area contributed by atoms with Gasteiger partial charge in [0.2, 0.25) is 0 Å². The van der Waals surface area contributed by atoms with E-state index < -0.39 is 0 Å². The molecule has 3 rings (SSSR count). The number of aromatic nitrogens is 2. The van der Waals surface area contributed by atoms with Gasteiger partial charge in [0.05, 0.1) is 5.69 Å². The maximum absolute atomic E-state index is 12.4. The molecule has 0 unspecified atom stereocenters. The number of thiazole rings is 1. The molecule has 4 heteroatoms. The molecule has 0 aliphatic rings. The van der Waals surface area contributed by atoms with E-state index in [1.807, 2.05) is 37.3 Å². The summed E-state index contributed by atoms with van der Waals surface area (Å²) in [5, 5.41) is 0. The molecule has 2 heterocycles. The van der Waals surface area contributed by atoms with Crippen LogP contribution in [0.25, 0.3) is 16.2 Å². The van der Waals surface area contributed by atoms with Crippen LogP contribution in [0.2, 0.25) is 0 Å². The van der Waals surface area contributed by atoms with Crippen LogP contribution in [0.5, 0.6) is 0 Å². The Morgan fingerprint density at radius 3 is 2.55 bits per heavy atom. The van der Waals surface area contributed by atoms with Crippen molar-refractivity contribution >= 4 is 16.3 Å². The van der Waals surface area contributed by atoms with E-state index in [1.54, 1.807) is 21.8 Å². The lowest BCUT2D eigenvalue weighted by atomic mass is 10.1. The van der Waals surface area contributed by atoms with Gasteiger partial charge in [-0.05, 0) is 18.4 Å². The molecule has 0 atom stereocenters. The van der Waals surface area contributed by atoms with Crippen molar-refractivity contribution in [2.75, 3.05) is 0 Å². The lowest BCUT2D eigenvalue weighted by molar-refractivity contribution is 0.881. The zero-order valence-electron chi connectivity index (χ0n) is 11.8. The minimum atomic E-state index is -0.00509. The topological polar surface area (TPSA) is 34.4 Å². The van der Waals surface area contributed by atoms with Gasteiger partial charge >= 0.3 is 0 Å². The number of fused-ring (bicyclic) bond motifs is 1. The molecule has 0 amide bonds. The van der Waals surface area contributed by atoms with E-state index in [4.69, 9.17) is 0 Å². The van der Waals surface area contributed by atoms with E-state index >= 15 is 0 Å². The lowest BCUT2D eigenvalue weighted by Gasteiger charge is -2.07. The normalized spacial score (nSPS) is 11.4. The molecular formula is C16H16N2OS. The second kappa shape index (κ2) is 4.87. The van der Waals surface area contributed by atoms with Gasteiger partial charge in [-0.25, -0.2) is 4.98 Å². The van der Waals surface area contributed by atoms with Crippen LogP contribution in [0.4, 0.5) is 0 Å². The largest absolute Gasteiger partial charge is 0.269 e. The van der Waals surface area contributed by atoms with E-state index in [2.05, 4.69) is 18.8 Å². The summed E-state index contributed by atoms with van der Waals surface area (Å²) in [5.41, 5.74) is 2.81. The van der Waals surface area contributed by atoms with Gasteiger partial charge in [-0.3, -0.25) is 9.20 Å². The highest BCUT2D eigenvalue weighted by Crippen LogP contribution is 2.35. The van der Waals surface area contributed by atoms with Gasteiger partial charge in [-0.15, -0.1) is 11.3 Å². The molecule has 3 nitrogen and oxygen atoms in total. The van der Waals surface area contributed by atoms with E-state index in [-0.39, 0.29) is 5.56 Å². The van der Waals surface area contributed by atoms with Crippen molar-refractivity contribution in [2.24, 2.45) is 0 Å². The number of rotatable bonds is 2. The summed E-state index contributed by atoms with van der Waals surface area (Å²) in [4.78, 5) is 18.8. The first-order chi connectivity index (χ1) is 9.58. The van der Waals surface area contributed by atoms with Crippen molar-refractivity contribution in [3.63, 3.8) is 0 Å². The molecule has 20 heavy (non-hydrogen) atoms. The fourth-order valence-corrected chi connectivity index (χ4v) is 3.56. The SMILES string of the molecule is Cc1cc(=O)n2c(-c3ccccc3)c(C(C)C)sc2n1. The zero-order valence-corrected chi connectivity index (χ0v) is 12.6. The van der Waals surface area contributed by atoms with Gasteiger partial charge in [-0.1, -0.05) is 44.2 Å². The molecule has 0 saturated carbocycles. The van der Waals surface area contributed by atoms with Gasteiger partial charge in [-0.2, -0.15) is 0 Å². The summed E-state index contributed by atoms with van der Waals surface area (Å²) in [6.07, 6.45) is 0. The third-order valence-electron chi connectivity index (χ3n) is 3.25. The fourth-order valence-electron chi connectivity index (χ4n) is 2.36. The third-order valence-corrected chi connectivity index (χ3v) is 4.59. The highest BCUT2D eigenvalue weighted by molar-refractivity contribution is 7.17. The monoisotopic (exact) mass is 284 g/mol. The third kappa shape index (κ3) is 2.06. The first kappa shape index (κ1) is 13.1. The number of nitrogens with zero attached hydrogens (tertiary/aromatic N) is 2. The summed E-state index contributed by atoms with van der Waals surface area (Å²) in [6.45, 7) is 6.16. The van der Waals surface area contributed by atoms with Gasteiger partial charge < -0.3 is 0 Å². The smallest absolute Gasteiger partial charge is 0.259 e. The van der Waals surface area contributed by atoms with Crippen LogP contribution in [0, 0.1) is 6.92 Å². The Morgan fingerprint density at radius 1 is 1.20 bits per heavy atom. The van der Waals surface area contributed by atoms with Crippen molar-refractivity contribution in [2.45, 2.75) is 26.7 Å².